The number of unbranched alkanes of at least 4 members (excludes halogenated alkanes) is 2. The minimum absolute atomic E-state index is 0.0198. The lowest BCUT2D eigenvalue weighted by Gasteiger charge is -2.27. The molecular formula is C31H32N2O5. The predicted molar refractivity (Wildman–Crippen MR) is 144 cm³/mol. The minimum Gasteiger partial charge on any atom is -0.494 e. The van der Waals surface area contributed by atoms with Crippen LogP contribution in [0.25, 0.3) is 0 Å². The van der Waals surface area contributed by atoms with Gasteiger partial charge < -0.3 is 24.7 Å². The highest BCUT2D eigenvalue weighted by Crippen LogP contribution is 2.43. The Kier molecular flexibility index (Phi) is 8.89. The molecule has 0 spiro atoms. The molecule has 0 amide bonds. The zero-order valence-corrected chi connectivity index (χ0v) is 21.7. The van der Waals surface area contributed by atoms with Gasteiger partial charge in [-0.15, -0.1) is 0 Å². The Bertz CT molecular complexity index is 1340. The van der Waals surface area contributed by atoms with Crippen molar-refractivity contribution in [1.82, 2.24) is 0 Å². The molecule has 1 aliphatic heterocycles. The molecule has 0 aliphatic carbocycles. The van der Waals surface area contributed by atoms with E-state index in [0.29, 0.717) is 41.6 Å². The topological polar surface area (TPSA) is 104 Å². The summed E-state index contributed by atoms with van der Waals surface area (Å²) in [6, 6.07) is 21.9. The van der Waals surface area contributed by atoms with Crippen LogP contribution in [0.4, 0.5) is 0 Å². The van der Waals surface area contributed by atoms with E-state index >= 15 is 0 Å². The maximum atomic E-state index is 13.0. The lowest BCUT2D eigenvalue weighted by Crippen LogP contribution is -2.21. The number of nitriles is 1. The number of benzene rings is 3. The first-order chi connectivity index (χ1) is 18.5. The highest BCUT2D eigenvalue weighted by atomic mass is 16.5. The molecule has 2 N–H and O–H groups in total. The molecule has 0 saturated heterocycles. The van der Waals surface area contributed by atoms with E-state index in [4.69, 9.17) is 24.7 Å². The summed E-state index contributed by atoms with van der Waals surface area (Å²) in [5, 5.41) is 9.85. The van der Waals surface area contributed by atoms with Crippen LogP contribution in [0.5, 0.6) is 23.0 Å². The van der Waals surface area contributed by atoms with E-state index in [9.17, 15) is 10.1 Å². The first-order valence-electron chi connectivity index (χ1n) is 12.9. The van der Waals surface area contributed by atoms with Crippen LogP contribution >= 0.6 is 0 Å². The summed E-state index contributed by atoms with van der Waals surface area (Å²) in [5.74, 6) is 1.03. The Morgan fingerprint density at radius 2 is 1.63 bits per heavy atom. The summed E-state index contributed by atoms with van der Waals surface area (Å²) in [7, 11) is 0. The minimum atomic E-state index is -0.538. The van der Waals surface area contributed by atoms with E-state index in [1.165, 1.54) is 0 Å². The first-order valence-corrected chi connectivity index (χ1v) is 12.9. The van der Waals surface area contributed by atoms with Gasteiger partial charge in [-0.2, -0.15) is 5.26 Å². The molecule has 0 radical (unpaired) electrons. The molecule has 7 heteroatoms. The zero-order chi connectivity index (χ0) is 26.9. The zero-order valence-electron chi connectivity index (χ0n) is 21.7. The van der Waals surface area contributed by atoms with E-state index in [2.05, 4.69) is 19.9 Å². The van der Waals surface area contributed by atoms with Crippen LogP contribution in [0.1, 0.15) is 66.9 Å². The molecule has 1 heterocycles. The fourth-order valence-corrected chi connectivity index (χ4v) is 4.18. The summed E-state index contributed by atoms with van der Waals surface area (Å²) in [6.45, 7) is 5.37. The van der Waals surface area contributed by atoms with Crippen molar-refractivity contribution in [2.24, 2.45) is 5.73 Å². The SMILES string of the molecule is CCCCOc1ccc(C2C(C#N)=C(N)Oc3cc(OC(=O)c4ccccc4OCCCC)ccc32)cc1. The molecule has 0 bridgehead atoms. The van der Waals surface area contributed by atoms with Gasteiger partial charge in [0.1, 0.15) is 40.2 Å². The highest BCUT2D eigenvalue weighted by Gasteiger charge is 2.31. The number of allylic oxidation sites excluding steroid dienone is 1. The molecule has 1 atom stereocenters. The number of nitrogens with two attached hydrogens (primary N) is 1. The molecule has 3 aromatic carbocycles. The van der Waals surface area contributed by atoms with Gasteiger partial charge in [0, 0.05) is 11.6 Å². The number of nitrogens with zero attached hydrogens (tertiary/aromatic N) is 1. The molecule has 0 aromatic heterocycles. The monoisotopic (exact) mass is 512 g/mol. The number of rotatable bonds is 11. The third-order valence-corrected chi connectivity index (χ3v) is 6.24. The van der Waals surface area contributed by atoms with Gasteiger partial charge in [0.2, 0.25) is 5.88 Å². The Morgan fingerprint density at radius 3 is 2.34 bits per heavy atom. The molecule has 0 fully saturated rings. The molecule has 1 aliphatic rings. The standard InChI is InChI=1S/C31H32N2O5/c1-3-5-17-35-22-13-11-21(12-14-22)29-24-16-15-23(19-28(24)38-30(33)26(29)20-32)37-31(34)25-9-7-8-10-27(25)36-18-6-4-2/h7-16,19,29H,3-6,17-18,33H2,1-2H3. The fraction of sp³-hybridized carbons (Fsp3) is 0.290. The van der Waals surface area contributed by atoms with Crippen LogP contribution in [0.3, 0.4) is 0 Å². The lowest BCUT2D eigenvalue weighted by molar-refractivity contribution is 0.0730. The summed E-state index contributed by atoms with van der Waals surface area (Å²) in [6.07, 6.45) is 3.92. The number of esters is 1. The summed E-state index contributed by atoms with van der Waals surface area (Å²) < 4.78 is 23.0. The number of para-hydroxylation sites is 1. The summed E-state index contributed by atoms with van der Waals surface area (Å²) in [5.41, 5.74) is 8.43. The summed E-state index contributed by atoms with van der Waals surface area (Å²) >= 11 is 0. The van der Waals surface area contributed by atoms with E-state index < -0.39 is 11.9 Å². The van der Waals surface area contributed by atoms with Crippen LogP contribution < -0.4 is 24.7 Å². The number of carbonyl (C=O) groups is 1. The van der Waals surface area contributed by atoms with Crippen molar-refractivity contribution in [3.63, 3.8) is 0 Å². The summed E-state index contributed by atoms with van der Waals surface area (Å²) in [4.78, 5) is 13.0. The molecule has 196 valence electrons. The van der Waals surface area contributed by atoms with Gasteiger partial charge in [-0.05, 0) is 48.7 Å². The molecule has 0 saturated carbocycles. The van der Waals surface area contributed by atoms with E-state index in [0.717, 1.165) is 42.6 Å². The Morgan fingerprint density at radius 1 is 0.947 bits per heavy atom. The van der Waals surface area contributed by atoms with Crippen molar-refractivity contribution in [1.29, 1.82) is 5.26 Å². The van der Waals surface area contributed by atoms with Crippen molar-refractivity contribution in [2.75, 3.05) is 13.2 Å². The Hall–Kier alpha value is -4.44. The van der Waals surface area contributed by atoms with Gasteiger partial charge in [0.05, 0.1) is 19.1 Å². The maximum absolute atomic E-state index is 13.0. The maximum Gasteiger partial charge on any atom is 0.347 e. The average molecular weight is 513 g/mol. The third-order valence-electron chi connectivity index (χ3n) is 6.24. The second-order valence-electron chi connectivity index (χ2n) is 8.98. The van der Waals surface area contributed by atoms with Crippen LogP contribution in [0.2, 0.25) is 0 Å². The number of hydrogen-bond donors (Lipinski definition) is 1. The van der Waals surface area contributed by atoms with E-state index in [-0.39, 0.29) is 5.88 Å². The number of carbonyl (C=O) groups excluding carboxylic acids is 1. The van der Waals surface area contributed by atoms with Crippen LogP contribution in [-0.2, 0) is 0 Å². The van der Waals surface area contributed by atoms with Gasteiger partial charge in [0.25, 0.3) is 0 Å². The second kappa shape index (κ2) is 12.7. The van der Waals surface area contributed by atoms with Crippen LogP contribution in [0.15, 0.2) is 78.2 Å². The third kappa shape index (κ3) is 6.09. The van der Waals surface area contributed by atoms with Gasteiger partial charge >= 0.3 is 5.97 Å². The van der Waals surface area contributed by atoms with Crippen LogP contribution in [0, 0.1) is 11.3 Å². The lowest BCUT2D eigenvalue weighted by atomic mass is 9.83. The first kappa shape index (κ1) is 26.6. The smallest absolute Gasteiger partial charge is 0.347 e. The van der Waals surface area contributed by atoms with E-state index in [1.807, 2.05) is 30.3 Å². The Balaban J connectivity index is 1.57. The molecule has 1 unspecified atom stereocenters. The van der Waals surface area contributed by atoms with Crippen molar-refractivity contribution in [2.45, 2.75) is 45.4 Å². The van der Waals surface area contributed by atoms with Gasteiger partial charge in [-0.25, -0.2) is 4.79 Å². The predicted octanol–water partition coefficient (Wildman–Crippen LogP) is 6.48. The normalized spacial score (nSPS) is 14.2. The second-order valence-corrected chi connectivity index (χ2v) is 8.98. The molecule has 4 rings (SSSR count). The van der Waals surface area contributed by atoms with E-state index in [1.54, 1.807) is 36.4 Å². The number of hydrogen-bond acceptors (Lipinski definition) is 7. The van der Waals surface area contributed by atoms with Gasteiger partial charge in [-0.3, -0.25) is 0 Å². The average Bonchev–Trinajstić information content (AvgIpc) is 2.93. The fourth-order valence-electron chi connectivity index (χ4n) is 4.18. The molecule has 7 nitrogen and oxygen atoms in total. The van der Waals surface area contributed by atoms with Crippen molar-refractivity contribution in [3.8, 4) is 29.1 Å². The molecule has 38 heavy (non-hydrogen) atoms. The number of ether oxygens (including phenoxy) is 4. The molecule has 3 aromatic rings. The van der Waals surface area contributed by atoms with Crippen molar-refractivity contribution >= 4 is 5.97 Å². The largest absolute Gasteiger partial charge is 0.494 e. The quantitative estimate of drug-likeness (QED) is 0.178. The molecular weight excluding hydrogens is 480 g/mol. The van der Waals surface area contributed by atoms with Crippen LogP contribution in [-0.4, -0.2) is 19.2 Å². The van der Waals surface area contributed by atoms with Gasteiger partial charge in [-0.1, -0.05) is 57.0 Å². The van der Waals surface area contributed by atoms with Gasteiger partial charge in [0.15, 0.2) is 0 Å². The number of fused-ring (bicyclic) bond motifs is 1. The Labute approximate surface area is 223 Å². The van der Waals surface area contributed by atoms with Crippen molar-refractivity contribution in [3.05, 3.63) is 94.9 Å². The van der Waals surface area contributed by atoms with Crippen molar-refractivity contribution < 1.29 is 23.7 Å². The highest BCUT2D eigenvalue weighted by molar-refractivity contribution is 5.94.